The minimum absolute atomic E-state index is 0. The van der Waals surface area contributed by atoms with Gasteiger partial charge in [-0.3, -0.25) is 0 Å². The second-order valence-electron chi connectivity index (χ2n) is 11.0. The van der Waals surface area contributed by atoms with Gasteiger partial charge in [-0.2, -0.15) is 0 Å². The molecule has 3 N–H and O–H groups in total. The molecule has 0 heterocycles. The molecule has 0 aromatic heterocycles. The number of aliphatic hydroxyl groups excluding tert-OH is 3. The Morgan fingerprint density at radius 3 is 1.56 bits per heavy atom. The smallest absolute Gasteiger partial charge is 0.0761 e. The van der Waals surface area contributed by atoms with Crippen molar-refractivity contribution >= 4 is 0 Å². The summed E-state index contributed by atoms with van der Waals surface area (Å²) in [7, 11) is 0. The monoisotopic (exact) mass is 518 g/mol. The molecule has 4 rings (SSSR count). The van der Waals surface area contributed by atoms with Crippen LogP contribution in [-0.2, 0) is 17.1 Å². The van der Waals surface area contributed by atoms with Crippen LogP contribution >= 0.6 is 0 Å². The van der Waals surface area contributed by atoms with Crippen LogP contribution in [0.4, 0.5) is 0 Å². The largest absolute Gasteiger partial charge is 0.393 e. The fourth-order valence-corrected chi connectivity index (χ4v) is 5.21. The van der Waals surface area contributed by atoms with Crippen molar-refractivity contribution in [2.45, 2.75) is 130 Å². The first kappa shape index (κ1) is 33.6. The maximum absolute atomic E-state index is 9.71. The van der Waals surface area contributed by atoms with Crippen LogP contribution in [0.5, 0.6) is 0 Å². The molecule has 34 heavy (non-hydrogen) atoms. The predicted octanol–water partition coefficient (Wildman–Crippen LogP) is 7.68. The second-order valence-corrected chi connectivity index (χ2v) is 11.0. The summed E-state index contributed by atoms with van der Waals surface area (Å²) in [5.41, 5.74) is 0.970. The van der Waals surface area contributed by atoms with Gasteiger partial charge in [0.25, 0.3) is 0 Å². The van der Waals surface area contributed by atoms with Crippen LogP contribution in [-0.4, -0.2) is 27.5 Å². The van der Waals surface area contributed by atoms with E-state index < -0.39 is 0 Å². The summed E-state index contributed by atoms with van der Waals surface area (Å²) in [5.74, 6) is 2.57. The first-order valence-electron chi connectivity index (χ1n) is 13.8. The number of hydrogen-bond donors (Lipinski definition) is 3. The molecule has 3 saturated carbocycles. The molecule has 200 valence electrons. The van der Waals surface area contributed by atoms with Crippen molar-refractivity contribution in [3.8, 4) is 0 Å². The molecule has 0 radical (unpaired) electrons. The minimum atomic E-state index is -0.341. The van der Waals surface area contributed by atoms with Crippen molar-refractivity contribution in [3.05, 3.63) is 35.9 Å². The molecule has 1 aromatic rings. The van der Waals surface area contributed by atoms with Crippen LogP contribution in [0.3, 0.4) is 0 Å². The van der Waals surface area contributed by atoms with E-state index in [1.807, 2.05) is 37.3 Å². The molecule has 3 fully saturated rings. The summed E-state index contributed by atoms with van der Waals surface area (Å²) in [6.45, 7) is 10.3. The zero-order valence-electron chi connectivity index (χ0n) is 22.6. The predicted molar refractivity (Wildman–Crippen MR) is 141 cm³/mol. The van der Waals surface area contributed by atoms with E-state index in [0.717, 1.165) is 17.9 Å². The van der Waals surface area contributed by atoms with Crippen LogP contribution in [0.2, 0.25) is 0 Å². The zero-order chi connectivity index (χ0) is 24.6. The number of aliphatic hydroxyl groups is 3. The molecule has 0 amide bonds. The number of rotatable bonds is 3. The molecular formula is C30H54FeO3. The molecule has 4 heteroatoms. The van der Waals surface area contributed by atoms with Gasteiger partial charge < -0.3 is 15.3 Å². The molecule has 0 aliphatic heterocycles. The third-order valence-corrected chi connectivity index (χ3v) is 7.60. The third kappa shape index (κ3) is 14.9. The molecule has 3 aliphatic carbocycles. The van der Waals surface area contributed by atoms with Crippen LogP contribution in [0, 0.1) is 23.7 Å². The normalized spacial score (nSPS) is 26.0. The van der Waals surface area contributed by atoms with Gasteiger partial charge >= 0.3 is 0 Å². The van der Waals surface area contributed by atoms with E-state index in [1.54, 1.807) is 6.92 Å². The van der Waals surface area contributed by atoms with Crippen molar-refractivity contribution < 1.29 is 32.4 Å². The molecule has 0 spiro atoms. The number of benzene rings is 1. The SMILES string of the molecule is C1CCCC1.CC(C)[C@@H]1CC[C@@H](C)C[C@H]1O.C[C@H](O)C1CCCC1.C[C@H](O)c1ccccc1.[Fe]. The Morgan fingerprint density at radius 2 is 1.24 bits per heavy atom. The van der Waals surface area contributed by atoms with Gasteiger partial charge in [0.05, 0.1) is 18.3 Å². The molecule has 0 saturated heterocycles. The van der Waals surface area contributed by atoms with Crippen LogP contribution in [0.1, 0.15) is 123 Å². The van der Waals surface area contributed by atoms with Crippen molar-refractivity contribution in [1.29, 1.82) is 0 Å². The Bertz CT molecular complexity index is 558. The van der Waals surface area contributed by atoms with Gasteiger partial charge in [0, 0.05) is 17.1 Å². The molecule has 3 aliphatic rings. The summed E-state index contributed by atoms with van der Waals surface area (Å²) < 4.78 is 0. The Morgan fingerprint density at radius 1 is 0.735 bits per heavy atom. The van der Waals surface area contributed by atoms with E-state index in [2.05, 4.69) is 20.8 Å². The molecule has 1 aromatic carbocycles. The van der Waals surface area contributed by atoms with Gasteiger partial charge in [-0.25, -0.2) is 0 Å². The molecule has 0 bridgehead atoms. The molecule has 5 atom stereocenters. The van der Waals surface area contributed by atoms with Crippen LogP contribution in [0.15, 0.2) is 30.3 Å². The third-order valence-electron chi connectivity index (χ3n) is 7.60. The van der Waals surface area contributed by atoms with E-state index in [1.165, 1.54) is 70.6 Å². The summed E-state index contributed by atoms with van der Waals surface area (Å²) in [6.07, 6.45) is 15.8. The standard InChI is InChI=1S/C10H20O.C8H10O.C7H14O.C5H10.Fe/c1-7(2)9-5-4-8(3)6-10(9)11;1-7(9)8-5-3-2-4-6-8;1-6(8)7-4-2-3-5-7;1-2-4-5-3-1;/h7-11H,4-6H2,1-3H3;2-7,9H,1H3;6-8H,2-5H2,1H3;1-5H2;/t8-,9+,10-;7-;6-;;/m100../s1. The Labute approximate surface area is 221 Å². The molecule has 3 nitrogen and oxygen atoms in total. The summed E-state index contributed by atoms with van der Waals surface area (Å²) in [5, 5.41) is 27.8. The van der Waals surface area contributed by atoms with Crippen molar-refractivity contribution in [3.63, 3.8) is 0 Å². The number of hydrogen-bond acceptors (Lipinski definition) is 3. The van der Waals surface area contributed by atoms with E-state index in [4.69, 9.17) is 10.2 Å². The average Bonchev–Trinajstić information content (AvgIpc) is 3.52. The van der Waals surface area contributed by atoms with Gasteiger partial charge in [0.15, 0.2) is 0 Å². The maximum atomic E-state index is 9.71. The van der Waals surface area contributed by atoms with Gasteiger partial charge in [-0.15, -0.1) is 0 Å². The minimum Gasteiger partial charge on any atom is -0.393 e. The Hall–Kier alpha value is -0.381. The summed E-state index contributed by atoms with van der Waals surface area (Å²) in [4.78, 5) is 0. The quantitative estimate of drug-likeness (QED) is 0.360. The van der Waals surface area contributed by atoms with Gasteiger partial charge in [-0.1, -0.05) is 102 Å². The van der Waals surface area contributed by atoms with Crippen molar-refractivity contribution in [1.82, 2.24) is 0 Å². The van der Waals surface area contributed by atoms with Crippen molar-refractivity contribution in [2.75, 3.05) is 0 Å². The van der Waals surface area contributed by atoms with E-state index in [9.17, 15) is 5.11 Å². The van der Waals surface area contributed by atoms with E-state index in [0.29, 0.717) is 17.8 Å². The van der Waals surface area contributed by atoms with Gasteiger partial charge in [-0.05, 0) is 68.8 Å². The molecule has 0 unspecified atom stereocenters. The van der Waals surface area contributed by atoms with Gasteiger partial charge in [0.1, 0.15) is 0 Å². The summed E-state index contributed by atoms with van der Waals surface area (Å²) in [6, 6.07) is 9.59. The van der Waals surface area contributed by atoms with Gasteiger partial charge in [0.2, 0.25) is 0 Å². The zero-order valence-corrected chi connectivity index (χ0v) is 23.7. The topological polar surface area (TPSA) is 60.7 Å². The Balaban J connectivity index is 0.000000435. The maximum Gasteiger partial charge on any atom is 0.0761 e. The Kier molecular flexibility index (Phi) is 19.5. The first-order chi connectivity index (χ1) is 15.7. The van der Waals surface area contributed by atoms with Crippen LogP contribution < -0.4 is 0 Å². The summed E-state index contributed by atoms with van der Waals surface area (Å²) >= 11 is 0. The van der Waals surface area contributed by atoms with Crippen LogP contribution in [0.25, 0.3) is 0 Å². The fraction of sp³-hybridized carbons (Fsp3) is 0.800. The average molecular weight is 519 g/mol. The second kappa shape index (κ2) is 19.8. The fourth-order valence-electron chi connectivity index (χ4n) is 5.21. The van der Waals surface area contributed by atoms with E-state index >= 15 is 0 Å². The first-order valence-corrected chi connectivity index (χ1v) is 13.8. The van der Waals surface area contributed by atoms with Crippen molar-refractivity contribution in [2.24, 2.45) is 23.7 Å². The molecular weight excluding hydrogens is 464 g/mol. The van der Waals surface area contributed by atoms with E-state index in [-0.39, 0.29) is 35.4 Å².